The first-order chi connectivity index (χ1) is 14.6. The monoisotopic (exact) mass is 442 g/mol. The Bertz CT molecular complexity index is 901. The van der Waals surface area contributed by atoms with Crippen molar-refractivity contribution in [2.45, 2.75) is 31.5 Å². The van der Waals surface area contributed by atoms with E-state index in [1.807, 2.05) is 0 Å². The molecule has 3 rings (SSSR count). The molecular formula is C19H21F3N4O5. The van der Waals surface area contributed by atoms with Gasteiger partial charge in [0.15, 0.2) is 6.04 Å². The third-order valence-corrected chi connectivity index (χ3v) is 5.16. The highest BCUT2D eigenvalue weighted by atomic mass is 19.4. The van der Waals surface area contributed by atoms with Crippen LogP contribution in [0.15, 0.2) is 18.2 Å². The summed E-state index contributed by atoms with van der Waals surface area (Å²) >= 11 is 0. The lowest BCUT2D eigenvalue weighted by Gasteiger charge is -2.29. The van der Waals surface area contributed by atoms with E-state index in [0.29, 0.717) is 18.9 Å². The number of ether oxygens (including phenoxy) is 1. The van der Waals surface area contributed by atoms with Crippen molar-refractivity contribution in [1.82, 2.24) is 5.32 Å². The van der Waals surface area contributed by atoms with E-state index in [4.69, 9.17) is 10.5 Å². The van der Waals surface area contributed by atoms with Crippen LogP contribution in [0.25, 0.3) is 0 Å². The number of hydrogen-bond acceptors (Lipinski definition) is 5. The van der Waals surface area contributed by atoms with Crippen LogP contribution in [0.3, 0.4) is 0 Å². The van der Waals surface area contributed by atoms with Gasteiger partial charge in [0.25, 0.3) is 11.8 Å². The zero-order chi connectivity index (χ0) is 22.8. The van der Waals surface area contributed by atoms with Gasteiger partial charge in [-0.05, 0) is 31.0 Å². The number of alkyl halides is 3. The highest BCUT2D eigenvalue weighted by Gasteiger charge is 2.38. The van der Waals surface area contributed by atoms with Crippen molar-refractivity contribution in [1.29, 1.82) is 0 Å². The number of primary amides is 1. The molecule has 2 aliphatic rings. The molecule has 1 saturated heterocycles. The number of benzene rings is 1. The summed E-state index contributed by atoms with van der Waals surface area (Å²) in [6.07, 6.45) is -2.73. The van der Waals surface area contributed by atoms with E-state index in [2.05, 4.69) is 10.6 Å². The van der Waals surface area contributed by atoms with E-state index >= 15 is 0 Å². The van der Waals surface area contributed by atoms with Gasteiger partial charge in [-0.2, -0.15) is 13.2 Å². The van der Waals surface area contributed by atoms with Crippen LogP contribution in [-0.4, -0.2) is 49.4 Å². The maximum Gasteiger partial charge on any atom is 0.418 e. The number of anilines is 2. The molecule has 0 radical (unpaired) electrons. The SMILES string of the molecule is NC(=O)[C@@H](NC(=O)C1CCC1)C(=O)Nc1ccc(N2CCOCC2=O)c(C(F)(F)F)c1. The maximum absolute atomic E-state index is 13.6. The van der Waals surface area contributed by atoms with Crippen LogP contribution in [0.2, 0.25) is 0 Å². The Kier molecular flexibility index (Phi) is 6.48. The first kappa shape index (κ1) is 22.5. The molecular weight excluding hydrogens is 421 g/mol. The molecule has 168 valence electrons. The predicted molar refractivity (Wildman–Crippen MR) is 102 cm³/mol. The van der Waals surface area contributed by atoms with E-state index in [-0.39, 0.29) is 37.1 Å². The Labute approximate surface area is 175 Å². The van der Waals surface area contributed by atoms with Crippen molar-refractivity contribution >= 4 is 35.0 Å². The summed E-state index contributed by atoms with van der Waals surface area (Å²) in [5.41, 5.74) is 3.40. The van der Waals surface area contributed by atoms with E-state index in [9.17, 15) is 32.3 Å². The second-order valence-electron chi connectivity index (χ2n) is 7.29. The number of nitrogens with two attached hydrogens (primary N) is 1. The summed E-state index contributed by atoms with van der Waals surface area (Å²) in [5, 5.41) is 4.41. The van der Waals surface area contributed by atoms with Gasteiger partial charge in [-0.15, -0.1) is 0 Å². The predicted octanol–water partition coefficient (Wildman–Crippen LogP) is 0.777. The van der Waals surface area contributed by atoms with E-state index in [0.717, 1.165) is 23.5 Å². The molecule has 12 heteroatoms. The standard InChI is InChI=1S/C19H21F3N4O5/c20-19(21,22)12-8-11(4-5-13(12)26-6-7-31-9-14(26)27)24-18(30)15(16(23)28)25-17(29)10-2-1-3-10/h4-5,8,10,15H,1-3,6-7,9H2,(H2,23,28)(H,24,30)(H,25,29)/t15-/m1/s1. The van der Waals surface area contributed by atoms with Gasteiger partial charge in [0.05, 0.1) is 17.9 Å². The van der Waals surface area contributed by atoms with Gasteiger partial charge in [-0.3, -0.25) is 19.2 Å². The van der Waals surface area contributed by atoms with Crippen LogP contribution < -0.4 is 21.3 Å². The molecule has 1 heterocycles. The molecule has 0 aromatic heterocycles. The van der Waals surface area contributed by atoms with Gasteiger partial charge in [-0.25, -0.2) is 0 Å². The number of carbonyl (C=O) groups excluding carboxylic acids is 4. The first-order valence-electron chi connectivity index (χ1n) is 9.58. The Morgan fingerprint density at radius 1 is 1.23 bits per heavy atom. The minimum absolute atomic E-state index is 0.0510. The van der Waals surface area contributed by atoms with Crippen LogP contribution in [0, 0.1) is 5.92 Å². The minimum Gasteiger partial charge on any atom is -0.370 e. The summed E-state index contributed by atoms with van der Waals surface area (Å²) in [6.45, 7) is -0.302. The number of carbonyl (C=O) groups is 4. The van der Waals surface area contributed by atoms with Gasteiger partial charge in [0.1, 0.15) is 6.61 Å². The fourth-order valence-electron chi connectivity index (χ4n) is 3.26. The maximum atomic E-state index is 13.6. The minimum atomic E-state index is -4.82. The number of nitrogens with zero attached hydrogens (tertiary/aromatic N) is 1. The number of rotatable bonds is 6. The van der Waals surface area contributed by atoms with Gasteiger partial charge < -0.3 is 26.0 Å². The molecule has 1 aliphatic heterocycles. The second kappa shape index (κ2) is 8.92. The van der Waals surface area contributed by atoms with Gasteiger partial charge in [0, 0.05) is 18.2 Å². The van der Waals surface area contributed by atoms with Gasteiger partial charge in [0.2, 0.25) is 11.8 Å². The Hall–Kier alpha value is -3.15. The number of morpholine rings is 1. The lowest BCUT2D eigenvalue weighted by atomic mass is 9.84. The lowest BCUT2D eigenvalue weighted by molar-refractivity contribution is -0.137. The fourth-order valence-corrected chi connectivity index (χ4v) is 3.26. The second-order valence-corrected chi connectivity index (χ2v) is 7.29. The number of halogens is 3. The van der Waals surface area contributed by atoms with E-state index in [1.165, 1.54) is 0 Å². The third-order valence-electron chi connectivity index (χ3n) is 5.16. The molecule has 0 spiro atoms. The molecule has 4 amide bonds. The van der Waals surface area contributed by atoms with Crippen LogP contribution in [0.5, 0.6) is 0 Å². The smallest absolute Gasteiger partial charge is 0.370 e. The fraction of sp³-hybridized carbons (Fsp3) is 0.474. The molecule has 31 heavy (non-hydrogen) atoms. The van der Waals surface area contributed by atoms with Gasteiger partial charge in [-0.1, -0.05) is 6.42 Å². The van der Waals surface area contributed by atoms with Crippen molar-refractivity contribution in [2.75, 3.05) is 30.0 Å². The summed E-state index contributed by atoms with van der Waals surface area (Å²) in [6, 6.07) is 1.13. The summed E-state index contributed by atoms with van der Waals surface area (Å²) in [5.74, 6) is -3.67. The summed E-state index contributed by atoms with van der Waals surface area (Å²) in [4.78, 5) is 49.0. The molecule has 0 bridgehead atoms. The third kappa shape index (κ3) is 5.13. The van der Waals surface area contributed by atoms with Crippen molar-refractivity contribution in [3.63, 3.8) is 0 Å². The first-order valence-corrected chi connectivity index (χ1v) is 9.58. The Balaban J connectivity index is 1.81. The summed E-state index contributed by atoms with van der Waals surface area (Å²) < 4.78 is 45.8. The zero-order valence-corrected chi connectivity index (χ0v) is 16.3. The van der Waals surface area contributed by atoms with Crippen LogP contribution >= 0.6 is 0 Å². The molecule has 0 unspecified atom stereocenters. The number of amides is 4. The number of hydrogen-bond donors (Lipinski definition) is 3. The van der Waals surface area contributed by atoms with Gasteiger partial charge >= 0.3 is 6.18 Å². The molecule has 2 fully saturated rings. The molecule has 9 nitrogen and oxygen atoms in total. The van der Waals surface area contributed by atoms with Crippen LogP contribution in [0.1, 0.15) is 24.8 Å². The number of nitrogens with one attached hydrogen (secondary N) is 2. The molecule has 1 saturated carbocycles. The Morgan fingerprint density at radius 3 is 2.48 bits per heavy atom. The molecule has 1 aromatic carbocycles. The molecule has 1 atom stereocenters. The topological polar surface area (TPSA) is 131 Å². The molecule has 4 N–H and O–H groups in total. The average Bonchev–Trinajstić information content (AvgIpc) is 2.64. The molecule has 1 aliphatic carbocycles. The normalized spacial score (nSPS) is 18.2. The van der Waals surface area contributed by atoms with E-state index in [1.54, 1.807) is 0 Å². The van der Waals surface area contributed by atoms with E-state index < -0.39 is 41.4 Å². The van der Waals surface area contributed by atoms with Crippen molar-refractivity contribution in [3.8, 4) is 0 Å². The Morgan fingerprint density at radius 2 is 1.94 bits per heavy atom. The lowest BCUT2D eigenvalue weighted by Crippen LogP contribution is -2.53. The highest BCUT2D eigenvalue weighted by Crippen LogP contribution is 2.38. The average molecular weight is 442 g/mol. The summed E-state index contributed by atoms with van der Waals surface area (Å²) in [7, 11) is 0. The quantitative estimate of drug-likeness (QED) is 0.561. The van der Waals surface area contributed by atoms with Crippen LogP contribution in [0.4, 0.5) is 24.5 Å². The van der Waals surface area contributed by atoms with Crippen LogP contribution in [-0.2, 0) is 30.1 Å². The highest BCUT2D eigenvalue weighted by molar-refractivity contribution is 6.11. The van der Waals surface area contributed by atoms with Crippen molar-refractivity contribution in [2.24, 2.45) is 11.7 Å². The largest absolute Gasteiger partial charge is 0.418 e. The van der Waals surface area contributed by atoms with Crippen molar-refractivity contribution in [3.05, 3.63) is 23.8 Å². The zero-order valence-electron chi connectivity index (χ0n) is 16.3. The molecule has 1 aromatic rings. The van der Waals surface area contributed by atoms with Crippen molar-refractivity contribution < 1.29 is 37.1 Å².